The van der Waals surface area contributed by atoms with Crippen LogP contribution in [0.5, 0.6) is 0 Å². The minimum absolute atomic E-state index is 0.0663. The standard InChI is InChI=1S/C19H18ClN3OS3/c1-3-13-4-8-15(9-5-13)21-17(24)12(2)26-18-22-23(19(25)27-18)16-10-6-14(20)7-11-16/h4-12H,3H2,1-2H3,(H,21,24). The van der Waals surface area contributed by atoms with E-state index in [9.17, 15) is 4.79 Å². The minimum Gasteiger partial charge on any atom is -0.325 e. The first-order chi connectivity index (χ1) is 13.0. The maximum absolute atomic E-state index is 12.5. The zero-order chi connectivity index (χ0) is 19.4. The van der Waals surface area contributed by atoms with Crippen LogP contribution < -0.4 is 5.32 Å². The van der Waals surface area contributed by atoms with Crippen molar-refractivity contribution in [2.45, 2.75) is 29.9 Å². The first-order valence-corrected chi connectivity index (χ1v) is 10.9. The van der Waals surface area contributed by atoms with E-state index < -0.39 is 0 Å². The summed E-state index contributed by atoms with van der Waals surface area (Å²) < 4.78 is 3.06. The van der Waals surface area contributed by atoms with Gasteiger partial charge < -0.3 is 5.32 Å². The molecule has 1 aromatic heterocycles. The zero-order valence-corrected chi connectivity index (χ0v) is 18.0. The highest BCUT2D eigenvalue weighted by Crippen LogP contribution is 2.28. The van der Waals surface area contributed by atoms with Gasteiger partial charge in [-0.15, -0.1) is 5.10 Å². The van der Waals surface area contributed by atoms with Gasteiger partial charge in [0, 0.05) is 10.7 Å². The van der Waals surface area contributed by atoms with Gasteiger partial charge in [0.15, 0.2) is 8.29 Å². The third-order valence-electron chi connectivity index (χ3n) is 3.88. The summed E-state index contributed by atoms with van der Waals surface area (Å²) in [5, 5.41) is 7.84. The summed E-state index contributed by atoms with van der Waals surface area (Å²) in [4.78, 5) is 12.5. The smallest absolute Gasteiger partial charge is 0.237 e. The third kappa shape index (κ3) is 5.19. The number of carbonyl (C=O) groups is 1. The highest BCUT2D eigenvalue weighted by molar-refractivity contribution is 8.02. The first-order valence-electron chi connectivity index (χ1n) is 8.39. The van der Waals surface area contributed by atoms with Gasteiger partial charge in [0.1, 0.15) is 0 Å². The Labute approximate surface area is 176 Å². The van der Waals surface area contributed by atoms with E-state index in [-0.39, 0.29) is 11.2 Å². The number of nitrogens with zero attached hydrogens (tertiary/aromatic N) is 2. The van der Waals surface area contributed by atoms with Gasteiger partial charge in [-0.2, -0.15) is 0 Å². The normalized spacial score (nSPS) is 12.0. The van der Waals surface area contributed by atoms with Crippen LogP contribution in [-0.2, 0) is 11.2 Å². The largest absolute Gasteiger partial charge is 0.325 e. The van der Waals surface area contributed by atoms with Crippen LogP contribution in [0.2, 0.25) is 5.02 Å². The zero-order valence-electron chi connectivity index (χ0n) is 14.8. The third-order valence-corrected chi connectivity index (χ3v) is 6.55. The number of aryl methyl sites for hydroxylation is 1. The second-order valence-electron chi connectivity index (χ2n) is 5.82. The monoisotopic (exact) mass is 435 g/mol. The lowest BCUT2D eigenvalue weighted by Crippen LogP contribution is -2.22. The van der Waals surface area contributed by atoms with E-state index in [1.54, 1.807) is 16.8 Å². The molecule has 0 aliphatic rings. The molecule has 1 heterocycles. The molecule has 1 amide bonds. The number of hydrogen-bond donors (Lipinski definition) is 1. The van der Waals surface area contributed by atoms with Gasteiger partial charge in [0.2, 0.25) is 5.91 Å². The van der Waals surface area contributed by atoms with Gasteiger partial charge in [-0.05, 0) is 67.5 Å². The van der Waals surface area contributed by atoms with Crippen LogP contribution in [0.25, 0.3) is 5.69 Å². The average Bonchev–Trinajstić information content (AvgIpc) is 3.03. The highest BCUT2D eigenvalue weighted by Gasteiger charge is 2.17. The van der Waals surface area contributed by atoms with Crippen LogP contribution in [0.15, 0.2) is 52.9 Å². The van der Waals surface area contributed by atoms with Gasteiger partial charge in [-0.3, -0.25) is 4.79 Å². The topological polar surface area (TPSA) is 46.9 Å². The molecule has 3 rings (SSSR count). The van der Waals surface area contributed by atoms with Crippen LogP contribution in [0, 0.1) is 3.95 Å². The van der Waals surface area contributed by atoms with E-state index in [0.717, 1.165) is 22.1 Å². The van der Waals surface area contributed by atoms with Crippen molar-refractivity contribution in [2.24, 2.45) is 0 Å². The van der Waals surface area contributed by atoms with Gasteiger partial charge in [-0.25, -0.2) is 4.68 Å². The molecule has 0 saturated carbocycles. The number of nitrogens with one attached hydrogen (secondary N) is 1. The fourth-order valence-electron chi connectivity index (χ4n) is 2.33. The van der Waals surface area contributed by atoms with Crippen molar-refractivity contribution in [3.63, 3.8) is 0 Å². The molecule has 140 valence electrons. The number of rotatable bonds is 6. The molecule has 8 heteroatoms. The Bertz CT molecular complexity index is 981. The van der Waals surface area contributed by atoms with Gasteiger partial charge in [0.05, 0.1) is 10.9 Å². The molecule has 0 radical (unpaired) electrons. The molecule has 0 aliphatic heterocycles. The quantitative estimate of drug-likeness (QED) is 0.381. The van der Waals surface area contributed by atoms with E-state index >= 15 is 0 Å². The molecule has 0 bridgehead atoms. The van der Waals surface area contributed by atoms with Crippen LogP contribution in [0.4, 0.5) is 5.69 Å². The molecule has 1 unspecified atom stereocenters. The maximum Gasteiger partial charge on any atom is 0.237 e. The lowest BCUT2D eigenvalue weighted by Gasteiger charge is -2.10. The lowest BCUT2D eigenvalue weighted by molar-refractivity contribution is -0.115. The van der Waals surface area contributed by atoms with Crippen molar-refractivity contribution in [3.05, 3.63) is 63.1 Å². The fourth-order valence-corrected chi connectivity index (χ4v) is 4.96. The fraction of sp³-hybridized carbons (Fsp3) is 0.211. The van der Waals surface area contributed by atoms with Gasteiger partial charge >= 0.3 is 0 Å². The lowest BCUT2D eigenvalue weighted by atomic mass is 10.1. The van der Waals surface area contributed by atoms with Crippen LogP contribution >= 0.6 is 46.9 Å². The summed E-state index contributed by atoms with van der Waals surface area (Å²) in [5.74, 6) is -0.0663. The molecule has 0 fully saturated rings. The Morgan fingerprint density at radius 3 is 2.56 bits per heavy atom. The van der Waals surface area contributed by atoms with Crippen molar-refractivity contribution in [2.75, 3.05) is 5.32 Å². The van der Waals surface area contributed by atoms with Crippen LogP contribution in [0.3, 0.4) is 0 Å². The van der Waals surface area contributed by atoms with Gasteiger partial charge in [-0.1, -0.05) is 53.8 Å². The van der Waals surface area contributed by atoms with Crippen molar-refractivity contribution >= 4 is 58.5 Å². The Morgan fingerprint density at radius 1 is 1.26 bits per heavy atom. The summed E-state index contributed by atoms with van der Waals surface area (Å²) in [6.45, 7) is 3.96. The van der Waals surface area contributed by atoms with E-state index in [1.807, 2.05) is 43.3 Å². The summed E-state index contributed by atoms with van der Waals surface area (Å²) in [5.41, 5.74) is 2.88. The SMILES string of the molecule is CCc1ccc(NC(=O)C(C)Sc2nn(-c3ccc(Cl)cc3)c(=S)s2)cc1. The minimum atomic E-state index is -0.296. The van der Waals surface area contributed by atoms with Gasteiger partial charge in [0.25, 0.3) is 0 Å². The molecule has 2 aromatic carbocycles. The number of hydrogen-bond acceptors (Lipinski definition) is 5. The molecule has 3 aromatic rings. The van der Waals surface area contributed by atoms with Crippen LogP contribution in [-0.4, -0.2) is 20.9 Å². The highest BCUT2D eigenvalue weighted by atomic mass is 35.5. The summed E-state index contributed by atoms with van der Waals surface area (Å²) >= 11 is 14.1. The first kappa shape index (κ1) is 20.1. The molecule has 27 heavy (non-hydrogen) atoms. The summed E-state index contributed by atoms with van der Waals surface area (Å²) in [6.07, 6.45) is 0.974. The Morgan fingerprint density at radius 2 is 1.93 bits per heavy atom. The van der Waals surface area contributed by atoms with Crippen molar-refractivity contribution in [1.82, 2.24) is 9.78 Å². The van der Waals surface area contributed by atoms with Crippen molar-refractivity contribution in [1.29, 1.82) is 0 Å². The number of anilines is 1. The van der Waals surface area contributed by atoms with Crippen LogP contribution in [0.1, 0.15) is 19.4 Å². The molecule has 1 atom stereocenters. The number of thioether (sulfide) groups is 1. The van der Waals surface area contributed by atoms with E-state index in [4.69, 9.17) is 23.8 Å². The average molecular weight is 436 g/mol. The second kappa shape index (κ2) is 9.01. The van der Waals surface area contributed by atoms with E-state index in [2.05, 4.69) is 17.3 Å². The number of aromatic nitrogens is 2. The Kier molecular flexibility index (Phi) is 6.70. The summed E-state index contributed by atoms with van der Waals surface area (Å²) in [7, 11) is 0. The maximum atomic E-state index is 12.5. The summed E-state index contributed by atoms with van der Waals surface area (Å²) in [6, 6.07) is 15.2. The Balaban J connectivity index is 1.67. The Hall–Kier alpha value is -1.67. The predicted octanol–water partition coefficient (Wildman–Crippen LogP) is 6.00. The van der Waals surface area contributed by atoms with Crippen molar-refractivity contribution in [3.8, 4) is 5.69 Å². The molecule has 4 nitrogen and oxygen atoms in total. The second-order valence-corrected chi connectivity index (χ2v) is 9.47. The van der Waals surface area contributed by atoms with E-state index in [1.165, 1.54) is 28.7 Å². The molecular formula is C19H18ClN3OS3. The number of benzene rings is 2. The predicted molar refractivity (Wildman–Crippen MR) is 117 cm³/mol. The molecule has 0 aliphatic carbocycles. The van der Waals surface area contributed by atoms with E-state index in [0.29, 0.717) is 8.98 Å². The number of amides is 1. The van der Waals surface area contributed by atoms with Crippen molar-refractivity contribution < 1.29 is 4.79 Å². The number of carbonyl (C=O) groups excluding carboxylic acids is 1. The number of halogens is 1. The molecule has 1 N–H and O–H groups in total. The molecule has 0 saturated heterocycles. The molecular weight excluding hydrogens is 418 g/mol. The molecule has 0 spiro atoms.